The quantitative estimate of drug-likeness (QED) is 0.0217. The Labute approximate surface area is 371 Å². The highest BCUT2D eigenvalue weighted by atomic mass is 16.6. The number of hydrogen-bond donors (Lipinski definition) is 1. The zero-order chi connectivity index (χ0) is 44.9. The van der Waals surface area contributed by atoms with Gasteiger partial charge in [0.15, 0.2) is 12.1 Å². The molecular formula is C53H82NO7+. The number of carbonyl (C=O) groups is 3. The van der Waals surface area contributed by atoms with Gasteiger partial charge in [0, 0.05) is 19.3 Å². The topological polar surface area (TPSA) is 99.1 Å². The highest BCUT2D eigenvalue weighted by Gasteiger charge is 2.31. The molecule has 0 spiro atoms. The normalized spacial score (nSPS) is 14.2. The summed E-state index contributed by atoms with van der Waals surface area (Å²) >= 11 is 0. The van der Waals surface area contributed by atoms with Crippen LogP contribution in [0.4, 0.5) is 0 Å². The molecule has 0 aromatic heterocycles. The fourth-order valence-corrected chi connectivity index (χ4v) is 5.67. The van der Waals surface area contributed by atoms with Gasteiger partial charge in [0.1, 0.15) is 6.61 Å². The van der Waals surface area contributed by atoms with E-state index in [0.717, 1.165) is 83.5 Å². The number of carbonyl (C=O) groups excluding carboxylic acids is 2. The molecule has 0 fully saturated rings. The van der Waals surface area contributed by atoms with Gasteiger partial charge >= 0.3 is 17.9 Å². The van der Waals surface area contributed by atoms with Crippen molar-refractivity contribution in [2.75, 3.05) is 41.0 Å². The number of likely N-dealkylation sites (N-methyl/N-ethyl adjacent to an activating group) is 1. The third-order valence-electron chi connectivity index (χ3n) is 9.16. The van der Waals surface area contributed by atoms with Crippen molar-refractivity contribution < 1.29 is 38.2 Å². The van der Waals surface area contributed by atoms with Crippen molar-refractivity contribution in [3.05, 3.63) is 134 Å². The maximum absolute atomic E-state index is 12.7. The number of unbranched alkanes of at least 4 members (excludes halogenated alkanes) is 6. The lowest BCUT2D eigenvalue weighted by Crippen LogP contribution is -2.50. The molecule has 0 aliphatic carbocycles. The number of aliphatic carboxylic acids is 1. The minimum atomic E-state index is -0.896. The molecule has 2 atom stereocenters. The molecule has 0 aromatic carbocycles. The molecule has 0 amide bonds. The van der Waals surface area contributed by atoms with E-state index in [1.807, 2.05) is 69.8 Å². The van der Waals surface area contributed by atoms with E-state index in [0.29, 0.717) is 12.8 Å². The summed E-state index contributed by atoms with van der Waals surface area (Å²) in [6, 6.07) is -0.640. The Bertz CT molecular complexity index is 1450. The zero-order valence-corrected chi connectivity index (χ0v) is 38.5. The van der Waals surface area contributed by atoms with E-state index in [9.17, 15) is 19.5 Å². The van der Waals surface area contributed by atoms with Crippen LogP contribution in [0.25, 0.3) is 0 Å². The van der Waals surface area contributed by atoms with Crippen molar-refractivity contribution in [2.24, 2.45) is 0 Å². The van der Waals surface area contributed by atoms with Crippen molar-refractivity contribution in [3.8, 4) is 0 Å². The Morgan fingerprint density at radius 1 is 0.525 bits per heavy atom. The summed E-state index contributed by atoms with van der Waals surface area (Å²) in [7, 11) is 5.48. The zero-order valence-electron chi connectivity index (χ0n) is 38.5. The molecule has 8 heteroatoms. The molecule has 1 N–H and O–H groups in total. The summed E-state index contributed by atoms with van der Waals surface area (Å²) in [4.78, 5) is 37.0. The van der Waals surface area contributed by atoms with E-state index in [-0.39, 0.29) is 49.1 Å². The molecule has 0 aromatic rings. The number of carboxylic acid groups (broad SMARTS) is 1. The van der Waals surface area contributed by atoms with Crippen molar-refractivity contribution in [2.45, 2.75) is 142 Å². The Balaban J connectivity index is 4.54. The summed E-state index contributed by atoms with van der Waals surface area (Å²) in [5.74, 6) is -1.63. The molecule has 0 aliphatic rings. The molecule has 61 heavy (non-hydrogen) atoms. The predicted molar refractivity (Wildman–Crippen MR) is 256 cm³/mol. The first-order valence-corrected chi connectivity index (χ1v) is 22.8. The average molecular weight is 845 g/mol. The number of ether oxygens (including phenoxy) is 3. The molecule has 340 valence electrons. The van der Waals surface area contributed by atoms with Gasteiger partial charge in [-0.2, -0.15) is 0 Å². The molecule has 0 aliphatic heterocycles. The van der Waals surface area contributed by atoms with E-state index in [1.54, 1.807) is 0 Å². The highest BCUT2D eigenvalue weighted by Crippen LogP contribution is 2.12. The van der Waals surface area contributed by atoms with E-state index in [2.05, 4.69) is 98.9 Å². The molecule has 0 saturated carbocycles. The molecule has 0 bridgehead atoms. The number of nitrogens with zero attached hydrogens (tertiary/aromatic N) is 1. The van der Waals surface area contributed by atoms with Gasteiger partial charge in [0.2, 0.25) is 0 Å². The number of allylic oxidation sites excluding steroid dienone is 22. The first kappa shape index (κ1) is 56.5. The standard InChI is InChI=1S/C53H81NO7/c1-6-8-10-12-14-16-18-20-22-24-26-28-29-31-33-35-37-39-41-43-51(55)60-48-49(47-59-46-45-50(53(57)58)54(3,4)5)61-52(56)44-42-40-38-36-34-32-30-27-25-23-21-19-17-15-13-11-9-7-2/h8,10-11,13-17,19-23,25-28,30-31,33,37,39,49-50H,6-7,9,12,18,24,29,32,34-36,38,40-48H2,1-5H3/p+1/b10-8+,13-11+,16-14+,17-15+,21-19+,22-20+,25-23+,28-26+,30-27+,33-31+,39-37+. The predicted octanol–water partition coefficient (Wildman–Crippen LogP) is 12.8. The number of esters is 2. The third-order valence-corrected chi connectivity index (χ3v) is 9.16. The lowest BCUT2D eigenvalue weighted by Gasteiger charge is -2.31. The highest BCUT2D eigenvalue weighted by molar-refractivity contribution is 5.72. The number of carboxylic acids is 1. The van der Waals surface area contributed by atoms with Crippen LogP contribution < -0.4 is 0 Å². The maximum atomic E-state index is 12.7. The van der Waals surface area contributed by atoms with Crippen LogP contribution in [0.15, 0.2) is 134 Å². The van der Waals surface area contributed by atoms with Gasteiger partial charge in [-0.15, -0.1) is 0 Å². The van der Waals surface area contributed by atoms with Crippen molar-refractivity contribution in [1.29, 1.82) is 0 Å². The van der Waals surface area contributed by atoms with Crippen LogP contribution in [-0.4, -0.2) is 80.6 Å². The van der Waals surface area contributed by atoms with Crippen LogP contribution in [0.2, 0.25) is 0 Å². The van der Waals surface area contributed by atoms with Gasteiger partial charge in [0.25, 0.3) is 0 Å². The van der Waals surface area contributed by atoms with Crippen molar-refractivity contribution in [1.82, 2.24) is 0 Å². The van der Waals surface area contributed by atoms with Gasteiger partial charge in [-0.3, -0.25) is 9.59 Å². The summed E-state index contributed by atoms with van der Waals surface area (Å²) in [6.07, 6.45) is 60.7. The second-order valence-electron chi connectivity index (χ2n) is 15.7. The molecule has 0 saturated heterocycles. The second-order valence-corrected chi connectivity index (χ2v) is 15.7. The first-order chi connectivity index (χ1) is 29.6. The largest absolute Gasteiger partial charge is 0.477 e. The summed E-state index contributed by atoms with van der Waals surface area (Å²) in [5, 5.41) is 9.63. The van der Waals surface area contributed by atoms with E-state index >= 15 is 0 Å². The van der Waals surface area contributed by atoms with Gasteiger partial charge in [-0.25, -0.2) is 4.79 Å². The summed E-state index contributed by atoms with van der Waals surface area (Å²) in [6.45, 7) is 4.39. The van der Waals surface area contributed by atoms with Crippen LogP contribution in [0.1, 0.15) is 129 Å². The average Bonchev–Trinajstić information content (AvgIpc) is 3.22. The SMILES string of the molecule is CC/C=C/C/C=C/C/C=C/C/C=C/C/C=C/C/C=C/CCC(=O)OCC(COCCC(C(=O)O)[N+](C)(C)C)OC(=O)CCCCCCC/C=C/C=C/C=C/C=C/C=C/CCC. The minimum absolute atomic E-state index is 0.0163. The second kappa shape index (κ2) is 42.2. The van der Waals surface area contributed by atoms with Crippen molar-refractivity contribution >= 4 is 17.9 Å². The van der Waals surface area contributed by atoms with Gasteiger partial charge < -0.3 is 23.8 Å². The Kier molecular flexibility index (Phi) is 39.0. The van der Waals surface area contributed by atoms with Crippen molar-refractivity contribution in [3.63, 3.8) is 0 Å². The smallest absolute Gasteiger partial charge is 0.362 e. The van der Waals surface area contributed by atoms with Crippen LogP contribution in [0.3, 0.4) is 0 Å². The van der Waals surface area contributed by atoms with Crippen LogP contribution in [0, 0.1) is 0 Å². The summed E-state index contributed by atoms with van der Waals surface area (Å²) < 4.78 is 17.2. The maximum Gasteiger partial charge on any atom is 0.362 e. The Morgan fingerprint density at radius 2 is 1.02 bits per heavy atom. The molecule has 0 rings (SSSR count). The molecule has 0 radical (unpaired) electrons. The van der Waals surface area contributed by atoms with Crippen LogP contribution >= 0.6 is 0 Å². The molecular weight excluding hydrogens is 763 g/mol. The fourth-order valence-electron chi connectivity index (χ4n) is 5.67. The first-order valence-electron chi connectivity index (χ1n) is 22.8. The van der Waals surface area contributed by atoms with Gasteiger partial charge in [0.05, 0.1) is 34.4 Å². The van der Waals surface area contributed by atoms with Crippen LogP contribution in [-0.2, 0) is 28.6 Å². The van der Waals surface area contributed by atoms with E-state index < -0.39 is 18.1 Å². The lowest BCUT2D eigenvalue weighted by molar-refractivity contribution is -0.887. The molecule has 2 unspecified atom stereocenters. The lowest BCUT2D eigenvalue weighted by atomic mass is 10.1. The number of rotatable bonds is 38. The summed E-state index contributed by atoms with van der Waals surface area (Å²) in [5.41, 5.74) is 0. The van der Waals surface area contributed by atoms with Crippen LogP contribution in [0.5, 0.6) is 0 Å². The Morgan fingerprint density at radius 3 is 1.54 bits per heavy atom. The third kappa shape index (κ3) is 40.6. The van der Waals surface area contributed by atoms with Gasteiger partial charge in [-0.05, 0) is 70.6 Å². The van der Waals surface area contributed by atoms with E-state index in [1.165, 1.54) is 6.42 Å². The molecule has 8 nitrogen and oxygen atoms in total. The minimum Gasteiger partial charge on any atom is -0.477 e. The monoisotopic (exact) mass is 845 g/mol. The van der Waals surface area contributed by atoms with E-state index in [4.69, 9.17) is 14.2 Å². The Hall–Kier alpha value is -4.53. The van der Waals surface area contributed by atoms with Gasteiger partial charge in [-0.1, -0.05) is 173 Å². The number of hydrogen-bond acceptors (Lipinski definition) is 6. The molecule has 0 heterocycles. The fraction of sp³-hybridized carbons (Fsp3) is 0.528. The number of quaternary nitrogens is 1.